The molecule has 2 aromatic carbocycles. The molecule has 3 N–H and O–H groups in total. The Morgan fingerprint density at radius 3 is 2.46 bits per heavy atom. The highest BCUT2D eigenvalue weighted by atomic mass is 16.5. The summed E-state index contributed by atoms with van der Waals surface area (Å²) < 4.78 is 9.09. The third-order valence-corrected chi connectivity index (χ3v) is 7.69. The van der Waals surface area contributed by atoms with Crippen molar-refractivity contribution in [3.8, 4) is 23.3 Å². The number of para-hydroxylation sites is 1. The van der Waals surface area contributed by atoms with Gasteiger partial charge in [0.1, 0.15) is 35.0 Å². The fraction of sp³-hybridized carbons (Fsp3) is 0.300. The number of ether oxygens (including phenoxy) is 1. The number of aromatic nitrogens is 4. The molecule has 4 aromatic rings. The average Bonchev–Trinajstić information content (AvgIpc) is 3.63. The molecule has 4 heterocycles. The van der Waals surface area contributed by atoms with E-state index in [1.54, 1.807) is 39.8 Å². The lowest BCUT2D eigenvalue weighted by atomic mass is 10.0. The standard InChI is InChI=1S/C30H30N8O3/c31-18-20(17-21-5-4-14-33-21)29(39)36-15-12-23(13-16-36)38-28-26(27(32)34-19-35-28)37(30(38)40)22-8-10-25(11-9-22)41-24-6-2-1-3-7-24/h1-3,6-11,17,19,21,23,33H,4-5,12-16H2,(H2,32,34,35). The van der Waals surface area contributed by atoms with Crippen LogP contribution in [0.5, 0.6) is 11.5 Å². The molecule has 208 valence electrons. The number of nitriles is 1. The number of fused-ring (bicyclic) bond motifs is 1. The molecule has 6 rings (SSSR count). The van der Waals surface area contributed by atoms with Gasteiger partial charge in [-0.25, -0.2) is 14.8 Å². The number of carbonyl (C=O) groups is 1. The molecule has 0 spiro atoms. The van der Waals surface area contributed by atoms with Gasteiger partial charge in [-0.2, -0.15) is 5.26 Å². The van der Waals surface area contributed by atoms with Crippen LogP contribution in [0.4, 0.5) is 5.82 Å². The van der Waals surface area contributed by atoms with Crippen molar-refractivity contribution in [1.82, 2.24) is 29.3 Å². The van der Waals surface area contributed by atoms with E-state index >= 15 is 0 Å². The second-order valence-electron chi connectivity index (χ2n) is 10.2. The number of nitrogens with zero attached hydrogens (tertiary/aromatic N) is 6. The molecule has 2 saturated heterocycles. The summed E-state index contributed by atoms with van der Waals surface area (Å²) in [7, 11) is 0. The van der Waals surface area contributed by atoms with Crippen LogP contribution in [0.3, 0.4) is 0 Å². The van der Waals surface area contributed by atoms with Gasteiger partial charge in [0.25, 0.3) is 5.91 Å². The van der Waals surface area contributed by atoms with Gasteiger partial charge < -0.3 is 20.7 Å². The van der Waals surface area contributed by atoms with Gasteiger partial charge in [-0.1, -0.05) is 18.2 Å². The summed E-state index contributed by atoms with van der Waals surface area (Å²) in [5, 5.41) is 12.9. The van der Waals surface area contributed by atoms with Crippen LogP contribution in [0.25, 0.3) is 16.9 Å². The quantitative estimate of drug-likeness (QED) is 0.275. The summed E-state index contributed by atoms with van der Waals surface area (Å²) >= 11 is 0. The lowest BCUT2D eigenvalue weighted by molar-refractivity contribution is -0.128. The highest BCUT2D eigenvalue weighted by Crippen LogP contribution is 2.29. The zero-order valence-electron chi connectivity index (χ0n) is 22.4. The number of nitrogen functional groups attached to an aromatic ring is 1. The first-order valence-electron chi connectivity index (χ1n) is 13.7. The van der Waals surface area contributed by atoms with E-state index in [4.69, 9.17) is 10.5 Å². The Bertz CT molecular complexity index is 1690. The fourth-order valence-electron chi connectivity index (χ4n) is 5.63. The van der Waals surface area contributed by atoms with Crippen molar-refractivity contribution in [2.75, 3.05) is 25.4 Å². The predicted octanol–water partition coefficient (Wildman–Crippen LogP) is 3.32. The van der Waals surface area contributed by atoms with Crippen LogP contribution in [-0.2, 0) is 4.79 Å². The highest BCUT2D eigenvalue weighted by Gasteiger charge is 2.30. The van der Waals surface area contributed by atoms with Gasteiger partial charge in [-0.05, 0) is 74.7 Å². The molecule has 0 radical (unpaired) electrons. The maximum atomic E-state index is 13.9. The molecular weight excluding hydrogens is 520 g/mol. The summed E-state index contributed by atoms with van der Waals surface area (Å²) in [6.07, 6.45) is 6.13. The van der Waals surface area contributed by atoms with Crippen molar-refractivity contribution < 1.29 is 9.53 Å². The van der Waals surface area contributed by atoms with Crippen molar-refractivity contribution in [3.63, 3.8) is 0 Å². The number of carbonyl (C=O) groups excluding carboxylic acids is 1. The van der Waals surface area contributed by atoms with Crippen LogP contribution >= 0.6 is 0 Å². The first kappa shape index (κ1) is 26.3. The Morgan fingerprint density at radius 1 is 1.05 bits per heavy atom. The molecule has 0 saturated carbocycles. The first-order valence-corrected chi connectivity index (χ1v) is 13.7. The second-order valence-corrected chi connectivity index (χ2v) is 10.2. The van der Waals surface area contributed by atoms with Crippen LogP contribution in [-0.4, -0.2) is 55.6 Å². The van der Waals surface area contributed by atoms with E-state index in [9.17, 15) is 14.9 Å². The van der Waals surface area contributed by atoms with Crippen molar-refractivity contribution in [3.05, 3.63) is 83.1 Å². The van der Waals surface area contributed by atoms with Crippen molar-refractivity contribution >= 4 is 22.9 Å². The molecule has 1 unspecified atom stereocenters. The molecule has 1 amide bonds. The van der Waals surface area contributed by atoms with Crippen molar-refractivity contribution in [1.29, 1.82) is 5.26 Å². The molecular formula is C30H30N8O3. The van der Waals surface area contributed by atoms with Crippen LogP contribution in [0, 0.1) is 11.3 Å². The molecule has 0 aliphatic carbocycles. The second kappa shape index (κ2) is 11.3. The minimum Gasteiger partial charge on any atom is -0.457 e. The van der Waals surface area contributed by atoms with Crippen LogP contribution in [0.1, 0.15) is 31.7 Å². The molecule has 1 atom stereocenters. The van der Waals surface area contributed by atoms with E-state index < -0.39 is 0 Å². The maximum absolute atomic E-state index is 13.9. The van der Waals surface area contributed by atoms with Crippen molar-refractivity contribution in [2.45, 2.75) is 37.8 Å². The average molecular weight is 551 g/mol. The lowest BCUT2D eigenvalue weighted by Crippen LogP contribution is -2.41. The van der Waals surface area contributed by atoms with Gasteiger partial charge in [-0.15, -0.1) is 0 Å². The van der Waals surface area contributed by atoms with Gasteiger partial charge in [0.05, 0.1) is 5.69 Å². The number of imidazole rings is 1. The van der Waals surface area contributed by atoms with Gasteiger partial charge in [0, 0.05) is 25.2 Å². The summed E-state index contributed by atoms with van der Waals surface area (Å²) in [5.74, 6) is 1.28. The van der Waals surface area contributed by atoms with E-state index in [0.717, 1.165) is 19.4 Å². The monoisotopic (exact) mass is 550 g/mol. The van der Waals surface area contributed by atoms with Crippen LogP contribution < -0.4 is 21.5 Å². The summed E-state index contributed by atoms with van der Waals surface area (Å²) in [4.78, 5) is 37.3. The topological polar surface area (TPSA) is 144 Å². The van der Waals surface area contributed by atoms with Gasteiger partial charge in [-0.3, -0.25) is 13.9 Å². The number of piperidine rings is 1. The molecule has 11 heteroatoms. The number of rotatable bonds is 6. The number of hydrogen-bond acceptors (Lipinski definition) is 8. The number of anilines is 1. The lowest BCUT2D eigenvalue weighted by Gasteiger charge is -2.32. The number of nitrogens with one attached hydrogen (secondary N) is 1. The summed E-state index contributed by atoms with van der Waals surface area (Å²) in [6.45, 7) is 1.74. The fourth-order valence-corrected chi connectivity index (χ4v) is 5.63. The Morgan fingerprint density at radius 2 is 1.78 bits per heavy atom. The third-order valence-electron chi connectivity index (χ3n) is 7.69. The number of amides is 1. The molecule has 11 nitrogen and oxygen atoms in total. The smallest absolute Gasteiger partial charge is 0.335 e. The normalized spacial score (nSPS) is 18.0. The zero-order valence-corrected chi connectivity index (χ0v) is 22.4. The van der Waals surface area contributed by atoms with Crippen molar-refractivity contribution in [2.24, 2.45) is 0 Å². The molecule has 0 bridgehead atoms. The van der Waals surface area contributed by atoms with Gasteiger partial charge in [0.2, 0.25) is 0 Å². The Hall–Kier alpha value is -4.95. The molecule has 2 aliphatic rings. The maximum Gasteiger partial charge on any atom is 0.335 e. The largest absolute Gasteiger partial charge is 0.457 e. The zero-order chi connectivity index (χ0) is 28.3. The predicted molar refractivity (Wildman–Crippen MR) is 154 cm³/mol. The van der Waals surface area contributed by atoms with E-state index in [1.165, 1.54) is 10.9 Å². The summed E-state index contributed by atoms with van der Waals surface area (Å²) in [5.41, 5.74) is 7.65. The molecule has 41 heavy (non-hydrogen) atoms. The third kappa shape index (κ3) is 5.17. The van der Waals surface area contributed by atoms with E-state index in [1.807, 2.05) is 30.3 Å². The molecule has 2 aliphatic heterocycles. The van der Waals surface area contributed by atoms with Gasteiger partial charge in [0.15, 0.2) is 11.5 Å². The molecule has 2 fully saturated rings. The summed E-state index contributed by atoms with van der Waals surface area (Å²) in [6, 6.07) is 18.6. The SMILES string of the molecule is N#CC(=CC1CCCN1)C(=O)N1CCC(n2c(=O)n(-c3ccc(Oc4ccccc4)cc3)c3c(N)ncnc32)CC1. The first-order chi connectivity index (χ1) is 20.0. The minimum atomic E-state index is -0.279. The van der Waals surface area contributed by atoms with E-state index in [0.29, 0.717) is 54.3 Å². The Balaban J connectivity index is 1.26. The Kier molecular flexibility index (Phi) is 7.22. The molecule has 2 aromatic heterocycles. The number of likely N-dealkylation sites (tertiary alicyclic amines) is 1. The number of benzene rings is 2. The van der Waals surface area contributed by atoms with E-state index in [-0.39, 0.29) is 35.1 Å². The van der Waals surface area contributed by atoms with Gasteiger partial charge >= 0.3 is 5.69 Å². The van der Waals surface area contributed by atoms with E-state index in [2.05, 4.69) is 21.4 Å². The van der Waals surface area contributed by atoms with Crippen LogP contribution in [0.2, 0.25) is 0 Å². The highest BCUT2D eigenvalue weighted by molar-refractivity contribution is 5.97. The van der Waals surface area contributed by atoms with Crippen LogP contribution in [0.15, 0.2) is 77.4 Å². The number of hydrogen-bond donors (Lipinski definition) is 2. The number of nitrogens with two attached hydrogens (primary N) is 1. The Labute approximate surface area is 236 Å². The minimum absolute atomic E-state index is 0.0555.